The van der Waals surface area contributed by atoms with Crippen LogP contribution in [0.5, 0.6) is 0 Å². The molecule has 3 aromatic rings. The van der Waals surface area contributed by atoms with Crippen LogP contribution in [-0.4, -0.2) is 27.1 Å². The van der Waals surface area contributed by atoms with Crippen LogP contribution in [0.3, 0.4) is 0 Å². The predicted octanol–water partition coefficient (Wildman–Crippen LogP) is 5.55. The topological polar surface area (TPSA) is 99.5 Å². The van der Waals surface area contributed by atoms with Gasteiger partial charge in [0, 0.05) is 18.0 Å². The number of anilines is 1. The van der Waals surface area contributed by atoms with Gasteiger partial charge in [0.05, 0.1) is 11.3 Å². The molecule has 7 heteroatoms. The van der Waals surface area contributed by atoms with Crippen LogP contribution >= 0.6 is 0 Å². The lowest BCUT2D eigenvalue weighted by molar-refractivity contribution is 0.0695. The predicted molar refractivity (Wildman–Crippen MR) is 119 cm³/mol. The van der Waals surface area contributed by atoms with Crippen molar-refractivity contribution in [3.8, 4) is 11.1 Å². The zero-order chi connectivity index (χ0) is 22.7. The van der Waals surface area contributed by atoms with E-state index >= 15 is 0 Å². The maximum Gasteiger partial charge on any atom is 0.340 e. The van der Waals surface area contributed by atoms with Gasteiger partial charge in [0.2, 0.25) is 0 Å². The molecule has 1 aliphatic rings. The van der Waals surface area contributed by atoms with E-state index in [1.807, 2.05) is 30.3 Å². The molecule has 0 saturated heterocycles. The summed E-state index contributed by atoms with van der Waals surface area (Å²) in [7, 11) is 0. The van der Waals surface area contributed by atoms with Crippen molar-refractivity contribution in [2.45, 2.75) is 38.1 Å². The fourth-order valence-electron chi connectivity index (χ4n) is 4.34. The van der Waals surface area contributed by atoms with Gasteiger partial charge in [-0.15, -0.1) is 0 Å². The number of rotatable bonds is 7. The number of carbonyl (C=O) groups is 2. The number of hydrogen-bond donors (Lipinski definition) is 3. The van der Waals surface area contributed by atoms with Crippen molar-refractivity contribution in [3.63, 3.8) is 0 Å². The van der Waals surface area contributed by atoms with Crippen LogP contribution in [-0.2, 0) is 6.54 Å². The quantitative estimate of drug-likeness (QED) is 0.451. The Labute approximate surface area is 184 Å². The molecule has 0 unspecified atom stereocenters. The molecule has 0 atom stereocenters. The second-order valence-corrected chi connectivity index (χ2v) is 7.91. The Morgan fingerprint density at radius 2 is 1.56 bits per heavy atom. The number of carboxylic acid groups (broad SMARTS) is 2. The summed E-state index contributed by atoms with van der Waals surface area (Å²) in [4.78, 5) is 29.3. The average Bonchev–Trinajstić information content (AvgIpc) is 3.32. The van der Waals surface area contributed by atoms with Crippen molar-refractivity contribution in [2.24, 2.45) is 0 Å². The fourth-order valence-corrected chi connectivity index (χ4v) is 4.34. The van der Waals surface area contributed by atoms with Gasteiger partial charge < -0.3 is 15.5 Å². The monoisotopic (exact) mass is 434 g/mol. The molecule has 1 heterocycles. The Morgan fingerprint density at radius 3 is 2.16 bits per heavy atom. The minimum atomic E-state index is -1.30. The first-order valence-electron chi connectivity index (χ1n) is 10.5. The van der Waals surface area contributed by atoms with Crippen LogP contribution in [0.1, 0.15) is 63.6 Å². The van der Waals surface area contributed by atoms with Crippen LogP contribution < -0.4 is 5.32 Å². The van der Waals surface area contributed by atoms with E-state index in [1.165, 1.54) is 24.3 Å². The third kappa shape index (κ3) is 4.32. The number of nitrogens with one attached hydrogen (secondary N) is 1. The summed E-state index contributed by atoms with van der Waals surface area (Å²) in [6, 6.07) is 14.6. The third-order valence-corrected chi connectivity index (χ3v) is 5.83. The number of benzene rings is 2. The third-order valence-electron chi connectivity index (χ3n) is 5.83. The molecule has 1 fully saturated rings. The van der Waals surface area contributed by atoms with Gasteiger partial charge in [0.25, 0.3) is 0 Å². The van der Waals surface area contributed by atoms with E-state index in [2.05, 4.69) is 10.3 Å². The minimum Gasteiger partial charge on any atom is -0.478 e. The van der Waals surface area contributed by atoms with Gasteiger partial charge in [-0.2, -0.15) is 0 Å². The number of nitrogens with zero attached hydrogens (tertiary/aromatic N) is 1. The molecule has 0 bridgehead atoms. The first-order valence-corrected chi connectivity index (χ1v) is 10.5. The molecule has 4 rings (SSSR count). The molecule has 164 valence electrons. The van der Waals surface area contributed by atoms with Gasteiger partial charge in [-0.05, 0) is 36.1 Å². The maximum atomic E-state index is 13.6. The molecule has 1 saturated carbocycles. The summed E-state index contributed by atoms with van der Waals surface area (Å²) in [6.45, 7) is 0.327. The van der Waals surface area contributed by atoms with Gasteiger partial charge in [-0.3, -0.25) is 0 Å². The molecule has 6 nitrogen and oxygen atoms in total. The van der Waals surface area contributed by atoms with E-state index < -0.39 is 17.8 Å². The SMILES string of the molecule is O=C(O)c1c(NCc2ccccc2)nc(C2CCCC2)c(C(=O)O)c1-c1ccc(F)cc1. The zero-order valence-corrected chi connectivity index (χ0v) is 17.3. The molecule has 2 aromatic carbocycles. The first-order chi connectivity index (χ1) is 15.5. The van der Waals surface area contributed by atoms with E-state index in [1.54, 1.807) is 0 Å². The Hall–Kier alpha value is -3.74. The smallest absolute Gasteiger partial charge is 0.340 e. The molecule has 0 aliphatic heterocycles. The van der Waals surface area contributed by atoms with Crippen LogP contribution in [0, 0.1) is 5.82 Å². The Morgan fingerprint density at radius 1 is 0.938 bits per heavy atom. The highest BCUT2D eigenvalue weighted by atomic mass is 19.1. The number of carboxylic acids is 2. The van der Waals surface area contributed by atoms with Crippen LogP contribution in [0.4, 0.5) is 10.2 Å². The number of pyridine rings is 1. The van der Waals surface area contributed by atoms with Gasteiger partial charge in [-0.25, -0.2) is 19.0 Å². The van der Waals surface area contributed by atoms with Crippen LogP contribution in [0.2, 0.25) is 0 Å². The van der Waals surface area contributed by atoms with Crippen molar-refractivity contribution in [2.75, 3.05) is 5.32 Å². The molecule has 1 aliphatic carbocycles. The molecule has 0 radical (unpaired) electrons. The highest BCUT2D eigenvalue weighted by molar-refractivity contribution is 6.08. The first kappa shape index (κ1) is 21.5. The van der Waals surface area contributed by atoms with Crippen molar-refractivity contribution in [1.29, 1.82) is 0 Å². The molecule has 0 amide bonds. The van der Waals surface area contributed by atoms with E-state index in [-0.39, 0.29) is 28.4 Å². The summed E-state index contributed by atoms with van der Waals surface area (Å²) in [5, 5.41) is 23.3. The Bertz CT molecular complexity index is 1140. The summed E-state index contributed by atoms with van der Waals surface area (Å²) in [5.41, 5.74) is 1.34. The molecular weight excluding hydrogens is 411 g/mol. The lowest BCUT2D eigenvalue weighted by atomic mass is 9.88. The average molecular weight is 434 g/mol. The normalized spacial score (nSPS) is 13.8. The molecular formula is C25H23FN2O4. The number of halogens is 1. The summed E-state index contributed by atoms with van der Waals surface area (Å²) < 4.78 is 13.6. The van der Waals surface area contributed by atoms with E-state index in [0.717, 1.165) is 31.2 Å². The summed E-state index contributed by atoms with van der Waals surface area (Å²) >= 11 is 0. The van der Waals surface area contributed by atoms with E-state index in [0.29, 0.717) is 17.8 Å². The van der Waals surface area contributed by atoms with Gasteiger partial charge in [0.15, 0.2) is 0 Å². The highest BCUT2D eigenvalue weighted by Crippen LogP contribution is 2.41. The standard InChI is InChI=1S/C25H23FN2O4/c26-18-12-10-16(11-13-18)19-20(24(29)30)22(17-8-4-5-9-17)28-23(21(19)25(31)32)27-14-15-6-2-1-3-7-15/h1-3,6-7,10-13,17H,4-5,8-9,14H2,(H,27,28)(H,29,30)(H,31,32). The largest absolute Gasteiger partial charge is 0.478 e. The second-order valence-electron chi connectivity index (χ2n) is 7.91. The lowest BCUT2D eigenvalue weighted by Crippen LogP contribution is -2.18. The summed E-state index contributed by atoms with van der Waals surface area (Å²) in [6.07, 6.45) is 3.51. The Balaban J connectivity index is 1.94. The van der Waals surface area contributed by atoms with Crippen molar-refractivity contribution < 1.29 is 24.2 Å². The van der Waals surface area contributed by atoms with Crippen LogP contribution in [0.25, 0.3) is 11.1 Å². The summed E-state index contributed by atoms with van der Waals surface area (Å²) in [5.74, 6) is -2.98. The number of hydrogen-bond acceptors (Lipinski definition) is 4. The van der Waals surface area contributed by atoms with Crippen molar-refractivity contribution in [1.82, 2.24) is 4.98 Å². The fraction of sp³-hybridized carbons (Fsp3) is 0.240. The number of aromatic carboxylic acids is 2. The molecule has 32 heavy (non-hydrogen) atoms. The number of aromatic nitrogens is 1. The molecule has 0 spiro atoms. The van der Waals surface area contributed by atoms with Gasteiger partial charge in [0.1, 0.15) is 17.2 Å². The van der Waals surface area contributed by atoms with Gasteiger partial charge >= 0.3 is 11.9 Å². The van der Waals surface area contributed by atoms with E-state index in [9.17, 15) is 24.2 Å². The van der Waals surface area contributed by atoms with Crippen molar-refractivity contribution in [3.05, 3.63) is 82.8 Å². The van der Waals surface area contributed by atoms with Crippen LogP contribution in [0.15, 0.2) is 54.6 Å². The highest BCUT2D eigenvalue weighted by Gasteiger charge is 2.32. The lowest BCUT2D eigenvalue weighted by Gasteiger charge is -2.21. The minimum absolute atomic E-state index is 0.0532. The van der Waals surface area contributed by atoms with Gasteiger partial charge in [-0.1, -0.05) is 55.3 Å². The maximum absolute atomic E-state index is 13.6. The molecule has 1 aromatic heterocycles. The Kier molecular flexibility index (Phi) is 6.16. The van der Waals surface area contributed by atoms with E-state index in [4.69, 9.17) is 0 Å². The van der Waals surface area contributed by atoms with Crippen molar-refractivity contribution >= 4 is 17.8 Å². The second kappa shape index (κ2) is 9.18. The molecule has 3 N–H and O–H groups in total. The zero-order valence-electron chi connectivity index (χ0n) is 17.3.